The van der Waals surface area contributed by atoms with Crippen molar-refractivity contribution in [3.05, 3.63) is 28.2 Å². The molecule has 0 bridgehead atoms. The Morgan fingerprint density at radius 1 is 1.35 bits per heavy atom. The van der Waals surface area contributed by atoms with Crippen LogP contribution >= 0.6 is 35.0 Å². The van der Waals surface area contributed by atoms with Crippen LogP contribution in [-0.4, -0.2) is 11.7 Å². The van der Waals surface area contributed by atoms with Gasteiger partial charge in [0.1, 0.15) is 0 Å². The smallest absolute Gasteiger partial charge is 0.233 e. The van der Waals surface area contributed by atoms with Gasteiger partial charge in [-0.1, -0.05) is 23.2 Å². The number of thioether (sulfide) groups is 1. The van der Waals surface area contributed by atoms with Crippen LogP contribution < -0.4 is 11.3 Å². The Kier molecular flexibility index (Phi) is 6.73. The minimum atomic E-state index is -0.129. The zero-order valence-corrected chi connectivity index (χ0v) is 11.5. The van der Waals surface area contributed by atoms with Crippen molar-refractivity contribution in [3.63, 3.8) is 0 Å². The Morgan fingerprint density at radius 3 is 2.82 bits per heavy atom. The van der Waals surface area contributed by atoms with Gasteiger partial charge in [-0.3, -0.25) is 10.2 Å². The van der Waals surface area contributed by atoms with Gasteiger partial charge in [0.2, 0.25) is 5.91 Å². The van der Waals surface area contributed by atoms with Crippen LogP contribution in [0.1, 0.15) is 19.3 Å². The summed E-state index contributed by atoms with van der Waals surface area (Å²) in [6.45, 7) is 0. The van der Waals surface area contributed by atoms with Gasteiger partial charge in [-0.25, -0.2) is 5.84 Å². The largest absolute Gasteiger partial charge is 0.294 e. The molecule has 0 unspecified atom stereocenters. The summed E-state index contributed by atoms with van der Waals surface area (Å²) in [5.74, 6) is 5.75. The molecule has 3 N–H and O–H groups in total. The number of benzene rings is 1. The molecular weight excluding hydrogens is 279 g/mol. The second-order valence-electron chi connectivity index (χ2n) is 3.45. The summed E-state index contributed by atoms with van der Waals surface area (Å²) < 4.78 is 0. The Balaban J connectivity index is 2.26. The molecule has 17 heavy (non-hydrogen) atoms. The van der Waals surface area contributed by atoms with Gasteiger partial charge in [-0.05, 0) is 36.8 Å². The van der Waals surface area contributed by atoms with Crippen LogP contribution in [0, 0.1) is 0 Å². The molecule has 0 heterocycles. The predicted molar refractivity (Wildman–Crippen MR) is 73.4 cm³/mol. The fourth-order valence-electron chi connectivity index (χ4n) is 1.23. The van der Waals surface area contributed by atoms with E-state index < -0.39 is 0 Å². The van der Waals surface area contributed by atoms with E-state index >= 15 is 0 Å². The molecule has 0 aromatic heterocycles. The topological polar surface area (TPSA) is 55.1 Å². The minimum absolute atomic E-state index is 0.129. The van der Waals surface area contributed by atoms with Crippen LogP contribution in [0.5, 0.6) is 0 Å². The summed E-state index contributed by atoms with van der Waals surface area (Å²) in [5.41, 5.74) is 2.11. The van der Waals surface area contributed by atoms with Gasteiger partial charge < -0.3 is 0 Å². The first-order chi connectivity index (χ1) is 8.13. The molecule has 0 radical (unpaired) electrons. The van der Waals surface area contributed by atoms with Crippen LogP contribution in [0.25, 0.3) is 0 Å². The van der Waals surface area contributed by atoms with Crippen molar-refractivity contribution in [2.75, 3.05) is 5.75 Å². The van der Waals surface area contributed by atoms with Crippen molar-refractivity contribution >= 4 is 40.9 Å². The second kappa shape index (κ2) is 7.82. The zero-order chi connectivity index (χ0) is 12.7. The van der Waals surface area contributed by atoms with Gasteiger partial charge in [0.15, 0.2) is 0 Å². The Labute approximate surface area is 115 Å². The number of rotatable bonds is 6. The number of unbranched alkanes of at least 4 members (excludes halogenated alkanes) is 1. The lowest BCUT2D eigenvalue weighted by Gasteiger charge is -2.04. The summed E-state index contributed by atoms with van der Waals surface area (Å²) >= 11 is 13.5. The van der Waals surface area contributed by atoms with E-state index in [1.54, 1.807) is 23.9 Å². The number of halogens is 2. The number of hydrogen-bond donors (Lipinski definition) is 2. The number of nitrogens with two attached hydrogens (primary N) is 1. The quantitative estimate of drug-likeness (QED) is 0.278. The molecule has 0 atom stereocenters. The van der Waals surface area contributed by atoms with Crippen molar-refractivity contribution in [1.82, 2.24) is 5.43 Å². The maximum absolute atomic E-state index is 10.9. The normalized spacial score (nSPS) is 10.3. The highest BCUT2D eigenvalue weighted by atomic mass is 35.5. The van der Waals surface area contributed by atoms with Crippen LogP contribution in [-0.2, 0) is 4.79 Å². The third-order valence-electron chi connectivity index (χ3n) is 2.11. The number of carbonyl (C=O) groups is 1. The van der Waals surface area contributed by atoms with Gasteiger partial charge in [-0.15, -0.1) is 11.8 Å². The molecule has 0 aliphatic carbocycles. The molecule has 6 heteroatoms. The monoisotopic (exact) mass is 292 g/mol. The van der Waals surface area contributed by atoms with Gasteiger partial charge >= 0.3 is 0 Å². The van der Waals surface area contributed by atoms with Gasteiger partial charge in [0, 0.05) is 16.3 Å². The van der Waals surface area contributed by atoms with Crippen molar-refractivity contribution in [1.29, 1.82) is 0 Å². The van der Waals surface area contributed by atoms with Crippen molar-refractivity contribution in [3.8, 4) is 0 Å². The molecule has 3 nitrogen and oxygen atoms in total. The summed E-state index contributed by atoms with van der Waals surface area (Å²) in [4.78, 5) is 11.8. The highest BCUT2D eigenvalue weighted by Gasteiger charge is 2.03. The lowest BCUT2D eigenvalue weighted by atomic mass is 10.2. The first-order valence-corrected chi connectivity index (χ1v) is 6.95. The summed E-state index contributed by atoms with van der Waals surface area (Å²) in [6, 6.07) is 5.40. The Hall–Kier alpha value is -0.420. The molecule has 94 valence electrons. The lowest BCUT2D eigenvalue weighted by Crippen LogP contribution is -2.29. The average molecular weight is 293 g/mol. The van der Waals surface area contributed by atoms with Crippen LogP contribution in [0.3, 0.4) is 0 Å². The van der Waals surface area contributed by atoms with E-state index in [2.05, 4.69) is 5.43 Å². The molecule has 1 aromatic carbocycles. The molecule has 0 aliphatic heterocycles. The highest BCUT2D eigenvalue weighted by Crippen LogP contribution is 2.30. The van der Waals surface area contributed by atoms with E-state index in [4.69, 9.17) is 29.0 Å². The summed E-state index contributed by atoms with van der Waals surface area (Å²) in [5, 5.41) is 1.39. The lowest BCUT2D eigenvalue weighted by molar-refractivity contribution is -0.121. The van der Waals surface area contributed by atoms with Crippen LogP contribution in [0.2, 0.25) is 10.0 Å². The number of hydrogen-bond acceptors (Lipinski definition) is 3. The van der Waals surface area contributed by atoms with Crippen LogP contribution in [0.4, 0.5) is 0 Å². The number of amides is 1. The number of nitrogens with one attached hydrogen (secondary N) is 1. The van der Waals surface area contributed by atoms with E-state index in [1.165, 1.54) is 0 Å². The first-order valence-electron chi connectivity index (χ1n) is 5.21. The molecule has 0 saturated heterocycles. The molecule has 1 rings (SSSR count). The zero-order valence-electron chi connectivity index (χ0n) is 9.21. The molecule has 0 aliphatic rings. The molecule has 1 amide bonds. The second-order valence-corrected chi connectivity index (χ2v) is 5.43. The van der Waals surface area contributed by atoms with E-state index in [0.29, 0.717) is 16.5 Å². The summed E-state index contributed by atoms with van der Waals surface area (Å²) in [6.07, 6.45) is 2.20. The van der Waals surface area contributed by atoms with E-state index in [9.17, 15) is 4.79 Å². The fourth-order valence-corrected chi connectivity index (χ4v) is 2.73. The maximum atomic E-state index is 10.9. The van der Waals surface area contributed by atoms with Gasteiger partial charge in [-0.2, -0.15) is 0 Å². The molecular formula is C11H14Cl2N2OS. The number of carbonyl (C=O) groups excluding carboxylic acids is 1. The minimum Gasteiger partial charge on any atom is -0.294 e. The number of hydrazine groups is 1. The van der Waals surface area contributed by atoms with Gasteiger partial charge in [0.05, 0.1) is 5.02 Å². The Morgan fingerprint density at radius 2 is 2.12 bits per heavy atom. The SMILES string of the molecule is NNC(=O)CCCCSc1cc(Cl)ccc1Cl. The Bertz CT molecular complexity index is 388. The third kappa shape index (κ3) is 5.64. The van der Waals surface area contributed by atoms with Crippen molar-refractivity contribution in [2.45, 2.75) is 24.2 Å². The molecule has 0 spiro atoms. The van der Waals surface area contributed by atoms with Crippen molar-refractivity contribution in [2.24, 2.45) is 5.84 Å². The van der Waals surface area contributed by atoms with Crippen molar-refractivity contribution < 1.29 is 4.79 Å². The van der Waals surface area contributed by atoms with Crippen LogP contribution in [0.15, 0.2) is 23.1 Å². The van der Waals surface area contributed by atoms with E-state index in [0.717, 1.165) is 23.5 Å². The average Bonchev–Trinajstić information content (AvgIpc) is 2.32. The van der Waals surface area contributed by atoms with E-state index in [1.807, 2.05) is 6.07 Å². The molecule has 1 aromatic rings. The fraction of sp³-hybridized carbons (Fsp3) is 0.364. The maximum Gasteiger partial charge on any atom is 0.233 e. The van der Waals surface area contributed by atoms with Gasteiger partial charge in [0.25, 0.3) is 0 Å². The summed E-state index contributed by atoms with van der Waals surface area (Å²) in [7, 11) is 0. The highest BCUT2D eigenvalue weighted by molar-refractivity contribution is 7.99. The molecule has 0 fully saturated rings. The standard InChI is InChI=1S/C11H14Cl2N2OS/c12-8-4-5-9(13)10(7-8)17-6-2-1-3-11(16)15-14/h4-5,7H,1-3,6,14H2,(H,15,16). The van der Waals surface area contributed by atoms with E-state index in [-0.39, 0.29) is 5.91 Å². The first kappa shape index (κ1) is 14.6. The third-order valence-corrected chi connectivity index (χ3v) is 3.93. The predicted octanol–water partition coefficient (Wildman–Crippen LogP) is 3.25. The molecule has 0 saturated carbocycles.